The molecule has 3 nitrogen and oxygen atoms in total. The number of hydrogen-bond donors (Lipinski definition) is 1. The van der Waals surface area contributed by atoms with Gasteiger partial charge in [0.05, 0.1) is 6.33 Å². The maximum absolute atomic E-state index is 4.36. The molecule has 1 N–H and O–H groups in total. The molecule has 0 fully saturated rings. The molecule has 0 amide bonds. The minimum atomic E-state index is 0.837. The van der Waals surface area contributed by atoms with Gasteiger partial charge in [0, 0.05) is 26.4 Å². The van der Waals surface area contributed by atoms with Gasteiger partial charge in [-0.05, 0) is 29.6 Å². The summed E-state index contributed by atoms with van der Waals surface area (Å²) in [6, 6.07) is 10.6. The summed E-state index contributed by atoms with van der Waals surface area (Å²) in [4.78, 5) is 15.5. The molecule has 4 aromatic rings. The Kier molecular flexibility index (Phi) is 2.46. The largest absolute Gasteiger partial charge is 0.329 e. The Hall–Kier alpha value is -1.98. The zero-order chi connectivity index (χ0) is 12.7. The van der Waals surface area contributed by atoms with Crippen molar-refractivity contribution in [2.24, 2.45) is 0 Å². The Labute approximate surface area is 117 Å². The van der Waals surface area contributed by atoms with Crippen LogP contribution in [0, 0.1) is 0 Å². The fraction of sp³-hybridized carbons (Fsp3) is 0. The molecule has 0 aliphatic heterocycles. The highest BCUT2D eigenvalue weighted by Crippen LogP contribution is 2.37. The third kappa shape index (κ3) is 1.78. The molecule has 0 aliphatic carbocycles. The van der Waals surface area contributed by atoms with E-state index in [0.29, 0.717) is 0 Å². The lowest BCUT2D eigenvalue weighted by atomic mass is 10.2. The van der Waals surface area contributed by atoms with E-state index in [1.165, 1.54) is 14.6 Å². The number of nitrogens with one attached hydrogen (secondary N) is 1. The average Bonchev–Trinajstić information content (AvgIpc) is 3.18. The Balaban J connectivity index is 1.87. The number of imidazole rings is 1. The summed E-state index contributed by atoms with van der Waals surface area (Å²) < 4.78 is 0. The second-order valence-electron chi connectivity index (χ2n) is 4.10. The van der Waals surface area contributed by atoms with Gasteiger partial charge in [-0.3, -0.25) is 0 Å². The van der Waals surface area contributed by atoms with Gasteiger partial charge in [-0.25, -0.2) is 9.97 Å². The lowest BCUT2D eigenvalue weighted by Crippen LogP contribution is -1.79. The number of fused-ring (bicyclic) bond motifs is 1. The van der Waals surface area contributed by atoms with E-state index in [9.17, 15) is 0 Å². The van der Waals surface area contributed by atoms with Crippen molar-refractivity contribution < 1.29 is 0 Å². The van der Waals surface area contributed by atoms with Crippen molar-refractivity contribution in [1.29, 1.82) is 0 Å². The topological polar surface area (TPSA) is 41.6 Å². The van der Waals surface area contributed by atoms with E-state index in [-0.39, 0.29) is 0 Å². The van der Waals surface area contributed by atoms with E-state index in [1.807, 2.05) is 12.3 Å². The predicted molar refractivity (Wildman–Crippen MR) is 80.5 cm³/mol. The summed E-state index contributed by atoms with van der Waals surface area (Å²) in [6.45, 7) is 0. The minimum Gasteiger partial charge on any atom is -0.329 e. The van der Waals surface area contributed by atoms with E-state index in [1.54, 1.807) is 29.0 Å². The Bertz CT molecular complexity index is 827. The molecule has 4 rings (SSSR count). The number of hydrogen-bond acceptors (Lipinski definition) is 4. The number of thiophene rings is 2. The smallest absolute Gasteiger partial charge is 0.157 e. The third-order valence-corrected chi connectivity index (χ3v) is 5.14. The molecule has 0 radical (unpaired) electrons. The maximum atomic E-state index is 4.36. The molecule has 19 heavy (non-hydrogen) atoms. The number of pyridine rings is 1. The molecular formula is C14H9N3S2. The van der Waals surface area contributed by atoms with Gasteiger partial charge < -0.3 is 4.98 Å². The second-order valence-corrected chi connectivity index (χ2v) is 6.13. The third-order valence-electron chi connectivity index (χ3n) is 2.95. The summed E-state index contributed by atoms with van der Waals surface area (Å²) in [5.74, 6) is 0. The molecule has 0 aromatic carbocycles. The summed E-state index contributed by atoms with van der Waals surface area (Å²) in [6.07, 6.45) is 3.51. The normalized spacial score (nSPS) is 11.2. The Morgan fingerprint density at radius 1 is 0.947 bits per heavy atom. The van der Waals surface area contributed by atoms with Crippen LogP contribution in [0.4, 0.5) is 0 Å². The Morgan fingerprint density at radius 3 is 2.79 bits per heavy atom. The first-order valence-corrected chi connectivity index (χ1v) is 7.53. The van der Waals surface area contributed by atoms with Crippen LogP contribution >= 0.6 is 22.7 Å². The summed E-state index contributed by atoms with van der Waals surface area (Å²) in [7, 11) is 0. The van der Waals surface area contributed by atoms with Crippen molar-refractivity contribution in [1.82, 2.24) is 15.0 Å². The molecule has 5 heteroatoms. The molecule has 4 heterocycles. The van der Waals surface area contributed by atoms with Gasteiger partial charge >= 0.3 is 0 Å². The number of nitrogens with zero attached hydrogens (tertiary/aromatic N) is 2. The first-order valence-electron chi connectivity index (χ1n) is 5.84. The maximum Gasteiger partial charge on any atom is 0.157 e. The van der Waals surface area contributed by atoms with Crippen LogP contribution in [0.1, 0.15) is 0 Å². The standard InChI is InChI=1S/C14H9N3S2/c1-2-11(18-7-1)12-4-3-10(19-12)9-5-6-15-14-13(9)16-8-17-14/h1-8H,(H,15,16,17). The van der Waals surface area contributed by atoms with E-state index in [2.05, 4.69) is 44.6 Å². The lowest BCUT2D eigenvalue weighted by molar-refractivity contribution is 1.30. The van der Waals surface area contributed by atoms with Gasteiger partial charge in [-0.1, -0.05) is 6.07 Å². The van der Waals surface area contributed by atoms with Gasteiger partial charge in [0.25, 0.3) is 0 Å². The molecule has 4 aromatic heterocycles. The molecule has 0 unspecified atom stereocenters. The van der Waals surface area contributed by atoms with Gasteiger partial charge in [-0.15, -0.1) is 22.7 Å². The average molecular weight is 283 g/mol. The second kappa shape index (κ2) is 4.29. The molecule has 92 valence electrons. The van der Waals surface area contributed by atoms with Crippen LogP contribution < -0.4 is 0 Å². The molecule has 0 saturated carbocycles. The van der Waals surface area contributed by atoms with Crippen molar-refractivity contribution in [3.63, 3.8) is 0 Å². The highest BCUT2D eigenvalue weighted by Gasteiger charge is 2.10. The highest BCUT2D eigenvalue weighted by atomic mass is 32.1. The van der Waals surface area contributed by atoms with E-state index >= 15 is 0 Å². The number of H-pyrrole nitrogens is 1. The first kappa shape index (κ1) is 10.9. The predicted octanol–water partition coefficient (Wildman–Crippen LogP) is 4.41. The van der Waals surface area contributed by atoms with Crippen LogP contribution in [-0.4, -0.2) is 15.0 Å². The quantitative estimate of drug-likeness (QED) is 0.592. The molecule has 0 atom stereocenters. The number of aromatic amines is 1. The molecule has 0 spiro atoms. The van der Waals surface area contributed by atoms with Gasteiger partial charge in [0.15, 0.2) is 5.65 Å². The van der Waals surface area contributed by atoms with Gasteiger partial charge in [0.2, 0.25) is 0 Å². The van der Waals surface area contributed by atoms with Crippen molar-refractivity contribution >= 4 is 33.8 Å². The summed E-state index contributed by atoms with van der Waals surface area (Å²) in [5, 5.41) is 2.10. The first-order chi connectivity index (χ1) is 9.42. The summed E-state index contributed by atoms with van der Waals surface area (Å²) in [5.41, 5.74) is 2.91. The molecule has 0 saturated heterocycles. The van der Waals surface area contributed by atoms with Crippen LogP contribution in [0.2, 0.25) is 0 Å². The molecule has 0 aliphatic rings. The van der Waals surface area contributed by atoms with Crippen LogP contribution in [0.25, 0.3) is 31.4 Å². The Morgan fingerprint density at radius 2 is 1.89 bits per heavy atom. The van der Waals surface area contributed by atoms with Gasteiger partial charge in [-0.2, -0.15) is 0 Å². The number of rotatable bonds is 2. The highest BCUT2D eigenvalue weighted by molar-refractivity contribution is 7.23. The van der Waals surface area contributed by atoms with Crippen LogP contribution in [0.5, 0.6) is 0 Å². The SMILES string of the molecule is c1csc(-c2ccc(-c3ccnc4[nH]cnc34)s2)c1. The molecular weight excluding hydrogens is 274 g/mol. The number of aromatic nitrogens is 3. The van der Waals surface area contributed by atoms with E-state index in [0.717, 1.165) is 16.7 Å². The van der Waals surface area contributed by atoms with Crippen molar-refractivity contribution in [2.75, 3.05) is 0 Å². The zero-order valence-electron chi connectivity index (χ0n) is 9.83. The zero-order valence-corrected chi connectivity index (χ0v) is 11.5. The van der Waals surface area contributed by atoms with E-state index in [4.69, 9.17) is 0 Å². The lowest BCUT2D eigenvalue weighted by Gasteiger charge is -1.97. The minimum absolute atomic E-state index is 0.837. The monoisotopic (exact) mass is 283 g/mol. The van der Waals surface area contributed by atoms with Crippen molar-refractivity contribution in [3.8, 4) is 20.2 Å². The van der Waals surface area contributed by atoms with Gasteiger partial charge in [0.1, 0.15) is 5.52 Å². The van der Waals surface area contributed by atoms with Crippen LogP contribution in [-0.2, 0) is 0 Å². The summed E-state index contributed by atoms with van der Waals surface area (Å²) >= 11 is 3.56. The van der Waals surface area contributed by atoms with E-state index < -0.39 is 0 Å². The van der Waals surface area contributed by atoms with Crippen molar-refractivity contribution in [3.05, 3.63) is 48.2 Å². The fourth-order valence-corrected chi connectivity index (χ4v) is 3.95. The van der Waals surface area contributed by atoms with Crippen LogP contribution in [0.3, 0.4) is 0 Å². The molecule has 0 bridgehead atoms. The van der Waals surface area contributed by atoms with Crippen LogP contribution in [0.15, 0.2) is 48.2 Å². The fourth-order valence-electron chi connectivity index (χ4n) is 2.08. The van der Waals surface area contributed by atoms with Crippen molar-refractivity contribution in [2.45, 2.75) is 0 Å².